The van der Waals surface area contributed by atoms with E-state index in [1.165, 1.54) is 22.1 Å². The largest absolute Gasteiger partial charge is 0.280 e. The Hall–Kier alpha value is -2.68. The van der Waals surface area contributed by atoms with Crippen molar-refractivity contribution in [3.05, 3.63) is 59.8 Å². The van der Waals surface area contributed by atoms with E-state index < -0.39 is 0 Å². The molecule has 2 aromatic carbocycles. The number of hydrogen-bond donors (Lipinski definition) is 1. The topological polar surface area (TPSA) is 41.6 Å². The molecule has 3 heteroatoms. The fraction of sp³-hybridized carbons (Fsp3) is 0.111. The monoisotopic (exact) mass is 273 g/mol. The van der Waals surface area contributed by atoms with E-state index in [9.17, 15) is 0 Å². The van der Waals surface area contributed by atoms with Crippen molar-refractivity contribution in [3.63, 3.8) is 0 Å². The highest BCUT2D eigenvalue weighted by Crippen LogP contribution is 2.35. The molecule has 4 rings (SSSR count). The molecule has 2 aromatic heterocycles. The van der Waals surface area contributed by atoms with Gasteiger partial charge in [0.1, 0.15) is 0 Å². The summed E-state index contributed by atoms with van der Waals surface area (Å²) >= 11 is 0. The minimum atomic E-state index is 0.780. The van der Waals surface area contributed by atoms with E-state index in [-0.39, 0.29) is 0 Å². The van der Waals surface area contributed by atoms with Crippen LogP contribution in [-0.4, -0.2) is 15.2 Å². The van der Waals surface area contributed by atoms with Crippen molar-refractivity contribution in [1.82, 2.24) is 15.2 Å². The summed E-state index contributed by atoms with van der Waals surface area (Å²) in [6.45, 7) is 4.16. The van der Waals surface area contributed by atoms with Gasteiger partial charge in [0, 0.05) is 16.6 Å². The van der Waals surface area contributed by atoms with Gasteiger partial charge in [-0.05, 0) is 31.5 Å². The molecule has 0 spiro atoms. The first-order valence-electron chi connectivity index (χ1n) is 7.04. The Morgan fingerprint density at radius 1 is 0.952 bits per heavy atom. The maximum absolute atomic E-state index is 4.68. The summed E-state index contributed by atoms with van der Waals surface area (Å²) in [4.78, 5) is 4.68. The highest BCUT2D eigenvalue weighted by atomic mass is 15.1. The van der Waals surface area contributed by atoms with Gasteiger partial charge >= 0.3 is 0 Å². The summed E-state index contributed by atoms with van der Waals surface area (Å²) in [5, 5.41) is 9.69. The third-order valence-electron chi connectivity index (χ3n) is 3.89. The maximum Gasteiger partial charge on any atom is 0.182 e. The van der Waals surface area contributed by atoms with Crippen molar-refractivity contribution in [1.29, 1.82) is 0 Å². The first-order chi connectivity index (χ1) is 10.2. The van der Waals surface area contributed by atoms with Crippen LogP contribution in [0.5, 0.6) is 0 Å². The third kappa shape index (κ3) is 1.82. The zero-order valence-electron chi connectivity index (χ0n) is 12.0. The average Bonchev–Trinajstić information content (AvgIpc) is 2.87. The molecule has 4 aromatic rings. The van der Waals surface area contributed by atoms with Crippen molar-refractivity contribution in [2.24, 2.45) is 0 Å². The molecule has 2 heterocycles. The lowest BCUT2D eigenvalue weighted by atomic mass is 9.96. The first-order valence-corrected chi connectivity index (χ1v) is 7.04. The number of aromatic amines is 1. The molecule has 0 bridgehead atoms. The molecule has 0 fully saturated rings. The lowest BCUT2D eigenvalue weighted by Crippen LogP contribution is -1.89. The Morgan fingerprint density at radius 3 is 2.57 bits per heavy atom. The molecule has 0 aliphatic heterocycles. The second-order valence-electron chi connectivity index (χ2n) is 5.42. The van der Waals surface area contributed by atoms with E-state index in [1.54, 1.807) is 0 Å². The number of aromatic nitrogens is 3. The van der Waals surface area contributed by atoms with Gasteiger partial charge in [-0.2, -0.15) is 5.10 Å². The quantitative estimate of drug-likeness (QED) is 0.558. The summed E-state index contributed by atoms with van der Waals surface area (Å²) in [5.74, 6) is 0. The van der Waals surface area contributed by atoms with Crippen LogP contribution in [0.4, 0.5) is 0 Å². The molecule has 102 valence electrons. The molecule has 0 saturated carbocycles. The molecule has 0 aliphatic carbocycles. The first kappa shape index (κ1) is 12.1. The van der Waals surface area contributed by atoms with Gasteiger partial charge in [-0.25, -0.2) is 4.98 Å². The maximum atomic E-state index is 4.68. The third-order valence-corrected chi connectivity index (χ3v) is 3.89. The minimum absolute atomic E-state index is 0.780. The standard InChI is InChI=1S/C18H15N3/c1-11-8-9-15-14(10-11)17(13-6-4-3-5-7-13)16-12(2)20-21-18(16)19-15/h3-10H,1-2H3,(H,19,20,21). The van der Waals surface area contributed by atoms with Crippen LogP contribution in [0.1, 0.15) is 11.3 Å². The van der Waals surface area contributed by atoms with Gasteiger partial charge in [-0.15, -0.1) is 0 Å². The van der Waals surface area contributed by atoms with Gasteiger partial charge in [-0.1, -0.05) is 42.0 Å². The second-order valence-corrected chi connectivity index (χ2v) is 5.42. The van der Waals surface area contributed by atoms with E-state index in [1.807, 2.05) is 13.0 Å². The van der Waals surface area contributed by atoms with E-state index in [2.05, 4.69) is 64.6 Å². The van der Waals surface area contributed by atoms with Gasteiger partial charge in [-0.3, -0.25) is 5.10 Å². The summed E-state index contributed by atoms with van der Waals surface area (Å²) in [6.07, 6.45) is 0. The van der Waals surface area contributed by atoms with Crippen LogP contribution >= 0.6 is 0 Å². The molecule has 3 nitrogen and oxygen atoms in total. The Balaban J connectivity index is 2.26. The molecule has 0 saturated heterocycles. The number of benzene rings is 2. The summed E-state index contributed by atoms with van der Waals surface area (Å²) in [7, 11) is 0. The van der Waals surface area contributed by atoms with Crippen molar-refractivity contribution in [3.8, 4) is 11.1 Å². The number of hydrogen-bond acceptors (Lipinski definition) is 2. The Bertz CT molecular complexity index is 952. The van der Waals surface area contributed by atoms with Gasteiger partial charge < -0.3 is 0 Å². The molecule has 0 atom stereocenters. The van der Waals surface area contributed by atoms with Gasteiger partial charge in [0.25, 0.3) is 0 Å². The normalized spacial score (nSPS) is 11.3. The number of pyridine rings is 1. The molecular formula is C18H15N3. The smallest absolute Gasteiger partial charge is 0.182 e. The Kier molecular flexibility index (Phi) is 2.54. The number of aryl methyl sites for hydroxylation is 2. The van der Waals surface area contributed by atoms with Crippen molar-refractivity contribution >= 4 is 21.9 Å². The molecule has 21 heavy (non-hydrogen) atoms. The van der Waals surface area contributed by atoms with Crippen molar-refractivity contribution < 1.29 is 0 Å². The van der Waals surface area contributed by atoms with Crippen LogP contribution in [0.3, 0.4) is 0 Å². The van der Waals surface area contributed by atoms with Crippen LogP contribution < -0.4 is 0 Å². The Morgan fingerprint density at radius 2 is 1.76 bits per heavy atom. The number of fused-ring (bicyclic) bond motifs is 2. The highest BCUT2D eigenvalue weighted by molar-refractivity contribution is 6.09. The molecule has 0 unspecified atom stereocenters. The molecular weight excluding hydrogens is 258 g/mol. The van der Waals surface area contributed by atoms with E-state index in [4.69, 9.17) is 0 Å². The van der Waals surface area contributed by atoms with Crippen LogP contribution in [0, 0.1) is 13.8 Å². The lowest BCUT2D eigenvalue weighted by molar-refractivity contribution is 1.06. The molecule has 0 radical (unpaired) electrons. The average molecular weight is 273 g/mol. The fourth-order valence-corrected chi connectivity index (χ4v) is 2.90. The molecule has 0 aliphatic rings. The molecule has 0 amide bonds. The van der Waals surface area contributed by atoms with Gasteiger partial charge in [0.2, 0.25) is 0 Å². The van der Waals surface area contributed by atoms with E-state index in [0.717, 1.165) is 22.2 Å². The SMILES string of the molecule is Cc1ccc2nc3n[nH]c(C)c3c(-c3ccccc3)c2c1. The van der Waals surface area contributed by atoms with Crippen LogP contribution in [0.2, 0.25) is 0 Å². The van der Waals surface area contributed by atoms with Crippen LogP contribution in [0.25, 0.3) is 33.1 Å². The van der Waals surface area contributed by atoms with Crippen LogP contribution in [-0.2, 0) is 0 Å². The predicted octanol–water partition coefficient (Wildman–Crippen LogP) is 4.39. The summed E-state index contributed by atoms with van der Waals surface area (Å²) < 4.78 is 0. The number of nitrogens with one attached hydrogen (secondary N) is 1. The van der Waals surface area contributed by atoms with Gasteiger partial charge in [0.15, 0.2) is 5.65 Å². The van der Waals surface area contributed by atoms with Crippen LogP contribution in [0.15, 0.2) is 48.5 Å². The zero-order chi connectivity index (χ0) is 14.4. The fourth-order valence-electron chi connectivity index (χ4n) is 2.90. The van der Waals surface area contributed by atoms with E-state index in [0.29, 0.717) is 0 Å². The van der Waals surface area contributed by atoms with E-state index >= 15 is 0 Å². The summed E-state index contributed by atoms with van der Waals surface area (Å²) in [5.41, 5.74) is 6.47. The predicted molar refractivity (Wildman–Crippen MR) is 86.3 cm³/mol. The second kappa shape index (κ2) is 4.42. The number of nitrogens with zero attached hydrogens (tertiary/aromatic N) is 2. The van der Waals surface area contributed by atoms with Gasteiger partial charge in [0.05, 0.1) is 10.9 Å². The highest BCUT2D eigenvalue weighted by Gasteiger charge is 2.15. The van der Waals surface area contributed by atoms with Crippen molar-refractivity contribution in [2.75, 3.05) is 0 Å². The lowest BCUT2D eigenvalue weighted by Gasteiger charge is -2.09. The Labute approximate surface area is 122 Å². The van der Waals surface area contributed by atoms with Crippen molar-refractivity contribution in [2.45, 2.75) is 13.8 Å². The number of rotatable bonds is 1. The molecule has 1 N–H and O–H groups in total. The zero-order valence-corrected chi connectivity index (χ0v) is 12.0. The number of H-pyrrole nitrogens is 1. The summed E-state index contributed by atoms with van der Waals surface area (Å²) in [6, 6.07) is 16.8. The minimum Gasteiger partial charge on any atom is -0.280 e.